The number of rotatable bonds is 7. The highest BCUT2D eigenvalue weighted by Gasteiger charge is 2.32. The number of amides is 1. The Kier molecular flexibility index (Phi) is 4.68. The number of hydrogen-bond donors (Lipinski definition) is 0. The number of Topliss-reactive ketones (excluding diaryl/α,β-unsaturated/α-hetero) is 1. The van der Waals surface area contributed by atoms with Crippen LogP contribution in [0.4, 0.5) is 0 Å². The van der Waals surface area contributed by atoms with Gasteiger partial charge >= 0.3 is 0 Å². The summed E-state index contributed by atoms with van der Waals surface area (Å²) in [6.45, 7) is 0.650. The fourth-order valence-corrected chi connectivity index (χ4v) is 3.21. The zero-order chi connectivity index (χ0) is 15.4. The minimum Gasteiger partial charge on any atom is -0.335 e. The van der Waals surface area contributed by atoms with Crippen molar-refractivity contribution in [3.05, 3.63) is 58.3 Å². The first kappa shape index (κ1) is 15.0. The summed E-state index contributed by atoms with van der Waals surface area (Å²) in [5.74, 6) is 0.162. The first-order valence-corrected chi connectivity index (χ1v) is 8.52. The van der Waals surface area contributed by atoms with E-state index in [0.717, 1.165) is 23.3 Å². The predicted molar refractivity (Wildman–Crippen MR) is 87.9 cm³/mol. The van der Waals surface area contributed by atoms with Gasteiger partial charge in [0.05, 0.1) is 4.88 Å². The second-order valence-electron chi connectivity index (χ2n) is 5.64. The quantitative estimate of drug-likeness (QED) is 0.727. The fourth-order valence-electron chi connectivity index (χ4n) is 2.51. The average Bonchev–Trinajstić information content (AvgIpc) is 3.24. The number of ketones is 1. The van der Waals surface area contributed by atoms with Gasteiger partial charge in [0.25, 0.3) is 0 Å². The van der Waals surface area contributed by atoms with Crippen molar-refractivity contribution in [3.8, 4) is 0 Å². The number of carbonyl (C=O) groups excluding carboxylic acids is 2. The lowest BCUT2D eigenvalue weighted by Crippen LogP contribution is -2.32. The van der Waals surface area contributed by atoms with E-state index in [-0.39, 0.29) is 11.7 Å². The van der Waals surface area contributed by atoms with Crippen LogP contribution in [0.2, 0.25) is 0 Å². The Morgan fingerprint density at radius 2 is 1.82 bits per heavy atom. The van der Waals surface area contributed by atoms with E-state index in [4.69, 9.17) is 0 Å². The van der Waals surface area contributed by atoms with Crippen LogP contribution in [-0.4, -0.2) is 22.6 Å². The summed E-state index contributed by atoms with van der Waals surface area (Å²) in [7, 11) is 0. The van der Waals surface area contributed by atoms with Gasteiger partial charge in [0, 0.05) is 25.4 Å². The Hall–Kier alpha value is -1.94. The van der Waals surface area contributed by atoms with E-state index in [0.29, 0.717) is 25.4 Å². The zero-order valence-electron chi connectivity index (χ0n) is 12.4. The van der Waals surface area contributed by atoms with Crippen LogP contribution in [0.5, 0.6) is 0 Å². The van der Waals surface area contributed by atoms with Gasteiger partial charge in [0.2, 0.25) is 5.91 Å². The number of carbonyl (C=O) groups is 2. The van der Waals surface area contributed by atoms with Crippen molar-refractivity contribution < 1.29 is 9.59 Å². The molecule has 0 spiro atoms. The summed E-state index contributed by atoms with van der Waals surface area (Å²) < 4.78 is 0. The van der Waals surface area contributed by atoms with Crippen LogP contribution in [0, 0.1) is 0 Å². The van der Waals surface area contributed by atoms with Crippen molar-refractivity contribution in [2.45, 2.75) is 38.3 Å². The minimum absolute atomic E-state index is 0.0683. The molecule has 0 N–H and O–H groups in total. The molecule has 0 aliphatic heterocycles. The molecule has 0 bridgehead atoms. The van der Waals surface area contributed by atoms with E-state index < -0.39 is 0 Å². The highest BCUT2D eigenvalue weighted by atomic mass is 32.1. The zero-order valence-corrected chi connectivity index (χ0v) is 13.2. The summed E-state index contributed by atoms with van der Waals surface area (Å²) in [6.07, 6.45) is 2.77. The van der Waals surface area contributed by atoms with Gasteiger partial charge in [-0.1, -0.05) is 36.4 Å². The minimum atomic E-state index is 0.0683. The van der Waals surface area contributed by atoms with E-state index in [1.165, 1.54) is 11.3 Å². The van der Waals surface area contributed by atoms with Gasteiger partial charge in [0.1, 0.15) is 0 Å². The van der Waals surface area contributed by atoms with Crippen LogP contribution >= 0.6 is 11.3 Å². The van der Waals surface area contributed by atoms with E-state index in [2.05, 4.69) is 0 Å². The molecule has 4 heteroatoms. The van der Waals surface area contributed by atoms with Gasteiger partial charge in [-0.3, -0.25) is 9.59 Å². The molecule has 1 amide bonds. The Morgan fingerprint density at radius 1 is 1.05 bits per heavy atom. The average molecular weight is 313 g/mol. The molecule has 22 heavy (non-hydrogen) atoms. The maximum Gasteiger partial charge on any atom is 0.223 e. The molecule has 3 rings (SSSR count). The molecule has 0 unspecified atom stereocenters. The highest BCUT2D eigenvalue weighted by Crippen LogP contribution is 2.29. The van der Waals surface area contributed by atoms with Crippen molar-refractivity contribution in [1.82, 2.24) is 4.90 Å². The number of hydrogen-bond acceptors (Lipinski definition) is 3. The first-order chi connectivity index (χ1) is 10.7. The Labute approximate surface area is 134 Å². The number of nitrogens with zero attached hydrogens (tertiary/aromatic N) is 1. The van der Waals surface area contributed by atoms with Gasteiger partial charge in [-0.2, -0.15) is 0 Å². The van der Waals surface area contributed by atoms with Crippen LogP contribution in [0.15, 0.2) is 47.8 Å². The summed E-state index contributed by atoms with van der Waals surface area (Å²) in [4.78, 5) is 27.2. The molecule has 1 aromatic carbocycles. The van der Waals surface area contributed by atoms with Gasteiger partial charge in [-0.15, -0.1) is 11.3 Å². The van der Waals surface area contributed by atoms with E-state index in [9.17, 15) is 9.59 Å². The maximum atomic E-state index is 12.5. The smallest absolute Gasteiger partial charge is 0.223 e. The first-order valence-electron chi connectivity index (χ1n) is 7.64. The topological polar surface area (TPSA) is 37.4 Å². The molecular formula is C18H19NO2S. The Balaban J connectivity index is 1.57. The van der Waals surface area contributed by atoms with Gasteiger partial charge < -0.3 is 4.90 Å². The summed E-state index contributed by atoms with van der Waals surface area (Å²) in [5.41, 5.74) is 1.15. The molecule has 3 nitrogen and oxygen atoms in total. The lowest BCUT2D eigenvalue weighted by Gasteiger charge is -2.22. The van der Waals surface area contributed by atoms with Crippen LogP contribution in [0.25, 0.3) is 0 Å². The normalized spacial score (nSPS) is 13.8. The third-order valence-electron chi connectivity index (χ3n) is 3.87. The third-order valence-corrected chi connectivity index (χ3v) is 4.78. The second kappa shape index (κ2) is 6.88. The molecule has 1 aromatic heterocycles. The SMILES string of the molecule is O=C(CCC(=O)N(Cc1ccccc1)C1CC1)c1cccs1. The van der Waals surface area contributed by atoms with Crippen molar-refractivity contribution in [2.24, 2.45) is 0 Å². The van der Waals surface area contributed by atoms with Gasteiger partial charge in [0.15, 0.2) is 5.78 Å². The lowest BCUT2D eigenvalue weighted by atomic mass is 10.1. The molecular weight excluding hydrogens is 294 g/mol. The Bertz CT molecular complexity index is 632. The van der Waals surface area contributed by atoms with Crippen LogP contribution in [-0.2, 0) is 11.3 Å². The molecule has 0 radical (unpaired) electrons. The maximum absolute atomic E-state index is 12.5. The standard InChI is InChI=1S/C18H19NO2S/c20-16(17-7-4-12-22-17)10-11-18(21)19(15-8-9-15)13-14-5-2-1-3-6-14/h1-7,12,15H,8-11,13H2. The van der Waals surface area contributed by atoms with Crippen molar-refractivity contribution in [1.29, 1.82) is 0 Å². The van der Waals surface area contributed by atoms with Crippen molar-refractivity contribution in [2.75, 3.05) is 0 Å². The molecule has 114 valence electrons. The summed E-state index contributed by atoms with van der Waals surface area (Å²) in [5, 5.41) is 1.89. The Morgan fingerprint density at radius 3 is 2.45 bits per heavy atom. The van der Waals surface area contributed by atoms with Crippen molar-refractivity contribution >= 4 is 23.0 Å². The fraction of sp³-hybridized carbons (Fsp3) is 0.333. The monoisotopic (exact) mass is 313 g/mol. The number of benzene rings is 1. The highest BCUT2D eigenvalue weighted by molar-refractivity contribution is 7.12. The molecule has 2 aromatic rings. The van der Waals surface area contributed by atoms with Crippen molar-refractivity contribution in [3.63, 3.8) is 0 Å². The molecule has 0 saturated heterocycles. The largest absolute Gasteiger partial charge is 0.335 e. The van der Waals surface area contributed by atoms with Gasteiger partial charge in [-0.05, 0) is 29.9 Å². The summed E-state index contributed by atoms with van der Waals surface area (Å²) >= 11 is 1.44. The summed E-state index contributed by atoms with van der Waals surface area (Å²) in [6, 6.07) is 14.1. The molecule has 0 atom stereocenters. The number of thiophene rings is 1. The second-order valence-corrected chi connectivity index (χ2v) is 6.59. The molecule has 1 aliphatic carbocycles. The van der Waals surface area contributed by atoms with Gasteiger partial charge in [-0.25, -0.2) is 0 Å². The third kappa shape index (κ3) is 3.83. The van der Waals surface area contributed by atoms with Crippen LogP contribution in [0.1, 0.15) is 40.9 Å². The van der Waals surface area contributed by atoms with E-state index >= 15 is 0 Å². The lowest BCUT2D eigenvalue weighted by molar-refractivity contribution is -0.132. The van der Waals surface area contributed by atoms with Crippen LogP contribution < -0.4 is 0 Å². The molecule has 1 fully saturated rings. The molecule has 1 saturated carbocycles. The predicted octanol–water partition coefficient (Wildman–Crippen LogP) is 3.90. The van der Waals surface area contributed by atoms with E-state index in [1.807, 2.05) is 52.7 Å². The van der Waals surface area contributed by atoms with Crippen LogP contribution in [0.3, 0.4) is 0 Å². The molecule has 1 aliphatic rings. The molecule has 1 heterocycles. The van der Waals surface area contributed by atoms with E-state index in [1.54, 1.807) is 0 Å².